The number of rotatable bonds is 3. The first kappa shape index (κ1) is 18.5. The van der Waals surface area contributed by atoms with Gasteiger partial charge in [-0.05, 0) is 47.0 Å². The molecule has 2 aliphatic heterocycles. The summed E-state index contributed by atoms with van der Waals surface area (Å²) >= 11 is 6.31. The van der Waals surface area contributed by atoms with Gasteiger partial charge in [0.1, 0.15) is 0 Å². The van der Waals surface area contributed by atoms with Crippen molar-refractivity contribution in [1.82, 2.24) is 4.90 Å². The summed E-state index contributed by atoms with van der Waals surface area (Å²) < 4.78 is 10.8. The van der Waals surface area contributed by atoms with E-state index in [0.717, 1.165) is 11.1 Å². The summed E-state index contributed by atoms with van der Waals surface area (Å²) in [5.74, 6) is 0.567. The number of ether oxygens (including phenoxy) is 2. The molecule has 5 rings (SSSR count). The van der Waals surface area contributed by atoms with Crippen molar-refractivity contribution in [2.75, 3.05) is 6.79 Å². The maximum Gasteiger partial charge on any atom is 0.261 e. The summed E-state index contributed by atoms with van der Waals surface area (Å²) in [6, 6.07) is 19.8. The summed E-state index contributed by atoms with van der Waals surface area (Å²) in [6.45, 7) is 0.293. The second kappa shape index (κ2) is 7.35. The van der Waals surface area contributed by atoms with Gasteiger partial charge in [0.05, 0.1) is 6.54 Å². The molecule has 0 N–H and O–H groups in total. The van der Waals surface area contributed by atoms with Gasteiger partial charge in [-0.2, -0.15) is 0 Å². The lowest BCUT2D eigenvalue weighted by molar-refractivity contribution is -0.123. The number of imide groups is 1. The standard InChI is InChI=1S/C24H16ClNO4/c25-20-8-4-1-5-16(20)12-19-17-6-2-3-7-18(17)23(27)26(24(19)28)13-15-9-10-21-22(11-15)30-14-29-21/h1-12H,13-14H2/b19-12+. The zero-order chi connectivity index (χ0) is 20.7. The molecule has 0 bridgehead atoms. The van der Waals surface area contributed by atoms with Crippen molar-refractivity contribution in [3.63, 3.8) is 0 Å². The Labute approximate surface area is 178 Å². The van der Waals surface area contributed by atoms with Gasteiger partial charge in [-0.3, -0.25) is 14.5 Å². The first-order valence-corrected chi connectivity index (χ1v) is 9.80. The predicted octanol–water partition coefficient (Wildman–Crippen LogP) is 4.79. The molecule has 30 heavy (non-hydrogen) atoms. The molecular formula is C24H16ClNO4. The van der Waals surface area contributed by atoms with Crippen LogP contribution in [-0.4, -0.2) is 23.5 Å². The Morgan fingerprint density at radius 2 is 1.60 bits per heavy atom. The fourth-order valence-corrected chi connectivity index (χ4v) is 3.85. The van der Waals surface area contributed by atoms with Gasteiger partial charge in [0.15, 0.2) is 11.5 Å². The lowest BCUT2D eigenvalue weighted by Gasteiger charge is -2.29. The van der Waals surface area contributed by atoms with Crippen molar-refractivity contribution in [3.8, 4) is 11.5 Å². The Morgan fingerprint density at radius 1 is 0.867 bits per heavy atom. The summed E-state index contributed by atoms with van der Waals surface area (Å²) in [5, 5.41) is 0.537. The lowest BCUT2D eigenvalue weighted by Crippen LogP contribution is -2.41. The van der Waals surface area contributed by atoms with Crippen LogP contribution in [0.5, 0.6) is 11.5 Å². The van der Waals surface area contributed by atoms with Crippen molar-refractivity contribution < 1.29 is 19.1 Å². The summed E-state index contributed by atoms with van der Waals surface area (Å²) in [5.41, 5.74) is 3.01. The molecule has 5 nitrogen and oxygen atoms in total. The van der Waals surface area contributed by atoms with E-state index in [2.05, 4.69) is 0 Å². The molecule has 0 aliphatic carbocycles. The number of halogens is 1. The average molecular weight is 418 g/mol. The third kappa shape index (κ3) is 3.13. The smallest absolute Gasteiger partial charge is 0.261 e. The van der Waals surface area contributed by atoms with Crippen molar-refractivity contribution in [1.29, 1.82) is 0 Å². The highest BCUT2D eigenvalue weighted by molar-refractivity contribution is 6.36. The molecule has 3 aromatic rings. The number of carbonyl (C=O) groups excluding carboxylic acids is 2. The van der Waals surface area contributed by atoms with Crippen molar-refractivity contribution >= 4 is 35.1 Å². The van der Waals surface area contributed by atoms with Gasteiger partial charge in [-0.15, -0.1) is 0 Å². The normalized spacial score (nSPS) is 16.2. The van der Waals surface area contributed by atoms with Crippen molar-refractivity contribution in [2.24, 2.45) is 0 Å². The van der Waals surface area contributed by atoms with Crippen LogP contribution in [0.3, 0.4) is 0 Å². The Hall–Kier alpha value is -3.57. The molecule has 0 saturated heterocycles. The average Bonchev–Trinajstić information content (AvgIpc) is 3.23. The summed E-state index contributed by atoms with van der Waals surface area (Å²) in [4.78, 5) is 27.8. The van der Waals surface area contributed by atoms with Gasteiger partial charge in [-0.25, -0.2) is 0 Å². The van der Waals surface area contributed by atoms with E-state index >= 15 is 0 Å². The monoisotopic (exact) mass is 417 g/mol. The van der Waals surface area contributed by atoms with Crippen LogP contribution < -0.4 is 9.47 Å². The molecule has 6 heteroatoms. The second-order valence-corrected chi connectivity index (χ2v) is 7.42. The van der Waals surface area contributed by atoms with E-state index in [-0.39, 0.29) is 25.2 Å². The maximum atomic E-state index is 13.4. The van der Waals surface area contributed by atoms with Gasteiger partial charge in [0.2, 0.25) is 6.79 Å². The SMILES string of the molecule is O=C1/C(=C/c2ccccc2Cl)c2ccccc2C(=O)N1Cc1ccc2c(c1)OCO2. The van der Waals surface area contributed by atoms with Gasteiger partial charge in [0.25, 0.3) is 11.8 Å². The number of nitrogens with zero attached hydrogens (tertiary/aromatic N) is 1. The van der Waals surface area contributed by atoms with Crippen LogP contribution in [0.15, 0.2) is 66.7 Å². The van der Waals surface area contributed by atoms with Crippen molar-refractivity contribution in [2.45, 2.75) is 6.54 Å². The van der Waals surface area contributed by atoms with Crippen LogP contribution in [0.2, 0.25) is 5.02 Å². The van der Waals surface area contributed by atoms with Crippen LogP contribution in [0.25, 0.3) is 11.6 Å². The van der Waals surface area contributed by atoms with Crippen LogP contribution in [0.4, 0.5) is 0 Å². The zero-order valence-corrected chi connectivity index (χ0v) is 16.6. The van der Waals surface area contributed by atoms with Gasteiger partial charge >= 0.3 is 0 Å². The predicted molar refractivity (Wildman–Crippen MR) is 113 cm³/mol. The van der Waals surface area contributed by atoms with Crippen molar-refractivity contribution in [3.05, 3.63) is 94.0 Å². The molecule has 2 amide bonds. The molecule has 0 atom stereocenters. The molecule has 0 unspecified atom stereocenters. The quantitative estimate of drug-likeness (QED) is 0.454. The van der Waals surface area contributed by atoms with Gasteiger partial charge < -0.3 is 9.47 Å². The number of hydrogen-bond acceptors (Lipinski definition) is 4. The van der Waals surface area contributed by atoms with E-state index in [9.17, 15) is 9.59 Å². The van der Waals surface area contributed by atoms with E-state index < -0.39 is 0 Å². The van der Waals surface area contributed by atoms with E-state index in [1.54, 1.807) is 42.5 Å². The minimum absolute atomic E-state index is 0.127. The minimum Gasteiger partial charge on any atom is -0.454 e. The number of benzene rings is 3. The van der Waals surface area contributed by atoms with Crippen LogP contribution in [0, 0.1) is 0 Å². The van der Waals surface area contributed by atoms with E-state index in [0.29, 0.717) is 33.2 Å². The van der Waals surface area contributed by atoms with E-state index in [4.69, 9.17) is 21.1 Å². The number of fused-ring (bicyclic) bond motifs is 2. The minimum atomic E-state index is -0.365. The van der Waals surface area contributed by atoms with Crippen LogP contribution in [-0.2, 0) is 11.3 Å². The fourth-order valence-electron chi connectivity index (χ4n) is 3.66. The van der Waals surface area contributed by atoms with E-state index in [1.807, 2.05) is 30.3 Å². The highest BCUT2D eigenvalue weighted by atomic mass is 35.5. The zero-order valence-electron chi connectivity index (χ0n) is 15.8. The Kier molecular flexibility index (Phi) is 4.52. The van der Waals surface area contributed by atoms with Gasteiger partial charge in [0, 0.05) is 16.2 Å². The Bertz CT molecular complexity index is 1220. The number of amides is 2. The summed E-state index contributed by atoms with van der Waals surface area (Å²) in [7, 11) is 0. The third-order valence-electron chi connectivity index (χ3n) is 5.15. The first-order valence-electron chi connectivity index (χ1n) is 9.42. The fraction of sp³-hybridized carbons (Fsp3) is 0.0833. The molecule has 2 aliphatic rings. The maximum absolute atomic E-state index is 13.4. The number of hydrogen-bond donors (Lipinski definition) is 0. The van der Waals surface area contributed by atoms with Crippen LogP contribution >= 0.6 is 11.6 Å². The molecule has 0 fully saturated rings. The second-order valence-electron chi connectivity index (χ2n) is 7.01. The molecule has 2 heterocycles. The largest absolute Gasteiger partial charge is 0.454 e. The molecule has 148 valence electrons. The topological polar surface area (TPSA) is 55.8 Å². The molecular weight excluding hydrogens is 402 g/mol. The summed E-state index contributed by atoms with van der Waals surface area (Å²) in [6.07, 6.45) is 1.74. The number of carbonyl (C=O) groups is 2. The lowest BCUT2D eigenvalue weighted by atomic mass is 9.91. The van der Waals surface area contributed by atoms with E-state index in [1.165, 1.54) is 4.90 Å². The highest BCUT2D eigenvalue weighted by Crippen LogP contribution is 2.35. The first-order chi connectivity index (χ1) is 14.6. The molecule has 0 radical (unpaired) electrons. The highest BCUT2D eigenvalue weighted by Gasteiger charge is 2.35. The Morgan fingerprint density at radius 3 is 2.43 bits per heavy atom. The molecule has 0 spiro atoms. The molecule has 0 saturated carbocycles. The van der Waals surface area contributed by atoms with Gasteiger partial charge in [-0.1, -0.05) is 54.1 Å². The third-order valence-corrected chi connectivity index (χ3v) is 5.50. The molecule has 3 aromatic carbocycles. The van der Waals surface area contributed by atoms with Crippen LogP contribution in [0.1, 0.15) is 27.0 Å². The Balaban J connectivity index is 1.57. The molecule has 0 aromatic heterocycles.